The summed E-state index contributed by atoms with van der Waals surface area (Å²) in [7, 11) is 0. The van der Waals surface area contributed by atoms with E-state index in [4.69, 9.17) is 4.74 Å². The summed E-state index contributed by atoms with van der Waals surface area (Å²) in [5, 5.41) is 13.2. The molecule has 1 aromatic carbocycles. The van der Waals surface area contributed by atoms with Crippen molar-refractivity contribution in [3.63, 3.8) is 0 Å². The summed E-state index contributed by atoms with van der Waals surface area (Å²) in [5.41, 5.74) is 2.03. The first-order chi connectivity index (χ1) is 11.3. The van der Waals surface area contributed by atoms with Crippen molar-refractivity contribution in [2.75, 3.05) is 13.2 Å². The van der Waals surface area contributed by atoms with Gasteiger partial charge in [0.25, 0.3) is 0 Å². The van der Waals surface area contributed by atoms with Crippen molar-refractivity contribution in [1.29, 1.82) is 0 Å². The van der Waals surface area contributed by atoms with Gasteiger partial charge in [0.05, 0.1) is 5.92 Å². The summed E-state index contributed by atoms with van der Waals surface area (Å²) in [5.74, 6) is -0.393. The standard InChI is InChI=1S/C18H26F3NO2/c1-12-4-3-5-13(2)17(12)24-11-16(23)10-22-15-8-6-14(7-9-15)18(19,20)21/h3-5,14-16,22-23H,6-11H2,1-2H3. The molecule has 1 unspecified atom stereocenters. The Labute approximate surface area is 141 Å². The van der Waals surface area contributed by atoms with Crippen LogP contribution in [-0.4, -0.2) is 36.6 Å². The molecule has 1 atom stereocenters. The van der Waals surface area contributed by atoms with Gasteiger partial charge in [-0.3, -0.25) is 0 Å². The van der Waals surface area contributed by atoms with Crippen molar-refractivity contribution in [3.05, 3.63) is 29.3 Å². The van der Waals surface area contributed by atoms with Crippen LogP contribution in [0.1, 0.15) is 36.8 Å². The van der Waals surface area contributed by atoms with Crippen molar-refractivity contribution in [2.45, 2.75) is 57.9 Å². The van der Waals surface area contributed by atoms with Crippen LogP contribution in [0.5, 0.6) is 5.75 Å². The van der Waals surface area contributed by atoms with Crippen LogP contribution < -0.4 is 10.1 Å². The van der Waals surface area contributed by atoms with Crippen molar-refractivity contribution in [2.24, 2.45) is 5.92 Å². The molecule has 0 aromatic heterocycles. The van der Waals surface area contributed by atoms with Crippen LogP contribution in [0.3, 0.4) is 0 Å². The molecule has 2 N–H and O–H groups in total. The van der Waals surface area contributed by atoms with Gasteiger partial charge >= 0.3 is 6.18 Å². The highest BCUT2D eigenvalue weighted by Crippen LogP contribution is 2.37. The fourth-order valence-corrected chi connectivity index (χ4v) is 3.19. The van der Waals surface area contributed by atoms with Crippen LogP contribution in [0.2, 0.25) is 0 Å². The van der Waals surface area contributed by atoms with Crippen LogP contribution >= 0.6 is 0 Å². The van der Waals surface area contributed by atoms with E-state index in [1.165, 1.54) is 0 Å². The number of ether oxygens (including phenoxy) is 1. The zero-order chi connectivity index (χ0) is 17.7. The maximum atomic E-state index is 12.6. The molecule has 6 heteroatoms. The summed E-state index contributed by atoms with van der Waals surface area (Å²) in [6.45, 7) is 4.39. The third-order valence-electron chi connectivity index (χ3n) is 4.66. The van der Waals surface area contributed by atoms with Crippen molar-refractivity contribution < 1.29 is 23.0 Å². The van der Waals surface area contributed by atoms with E-state index in [2.05, 4.69) is 5.32 Å². The van der Waals surface area contributed by atoms with E-state index in [-0.39, 0.29) is 25.5 Å². The third kappa shape index (κ3) is 5.38. The number of hydrogen-bond donors (Lipinski definition) is 2. The van der Waals surface area contributed by atoms with Gasteiger partial charge in [-0.1, -0.05) is 18.2 Å². The Hall–Kier alpha value is -1.27. The molecule has 0 saturated heterocycles. The lowest BCUT2D eigenvalue weighted by Gasteiger charge is -2.31. The first-order valence-corrected chi connectivity index (χ1v) is 8.44. The van der Waals surface area contributed by atoms with Crippen LogP contribution in [-0.2, 0) is 0 Å². The molecule has 0 heterocycles. The highest BCUT2D eigenvalue weighted by Gasteiger charge is 2.41. The van der Waals surface area contributed by atoms with Crippen molar-refractivity contribution in [1.82, 2.24) is 5.32 Å². The maximum absolute atomic E-state index is 12.6. The number of nitrogens with one attached hydrogen (secondary N) is 1. The number of benzene rings is 1. The molecular weight excluding hydrogens is 319 g/mol. The first-order valence-electron chi connectivity index (χ1n) is 8.44. The molecule has 0 radical (unpaired) electrons. The Morgan fingerprint density at radius 3 is 2.29 bits per heavy atom. The number of alkyl halides is 3. The molecule has 1 aliphatic carbocycles. The average molecular weight is 345 g/mol. The van der Waals surface area contributed by atoms with E-state index in [0.717, 1.165) is 16.9 Å². The van der Waals surface area contributed by atoms with Gasteiger partial charge in [0.15, 0.2) is 0 Å². The predicted molar refractivity (Wildman–Crippen MR) is 87.2 cm³/mol. The molecule has 1 saturated carbocycles. The minimum absolute atomic E-state index is 0.0402. The zero-order valence-electron chi connectivity index (χ0n) is 14.2. The van der Waals surface area contributed by atoms with E-state index in [1.54, 1.807) is 0 Å². The fourth-order valence-electron chi connectivity index (χ4n) is 3.19. The molecule has 0 spiro atoms. The van der Waals surface area contributed by atoms with E-state index in [1.807, 2.05) is 32.0 Å². The number of hydrogen-bond acceptors (Lipinski definition) is 3. The Kier molecular flexibility index (Phi) is 6.52. The SMILES string of the molecule is Cc1cccc(C)c1OCC(O)CNC1CCC(C(F)(F)F)CC1. The summed E-state index contributed by atoms with van der Waals surface area (Å²) in [6.07, 6.45) is -3.45. The lowest BCUT2D eigenvalue weighted by Crippen LogP contribution is -2.41. The van der Waals surface area contributed by atoms with Gasteiger partial charge < -0.3 is 15.2 Å². The lowest BCUT2D eigenvalue weighted by atomic mass is 9.85. The highest BCUT2D eigenvalue weighted by atomic mass is 19.4. The molecule has 24 heavy (non-hydrogen) atoms. The van der Waals surface area contributed by atoms with Gasteiger partial charge in [-0.05, 0) is 50.7 Å². The van der Waals surface area contributed by atoms with Crippen molar-refractivity contribution in [3.8, 4) is 5.75 Å². The van der Waals surface area contributed by atoms with Gasteiger partial charge in [-0.25, -0.2) is 0 Å². The van der Waals surface area contributed by atoms with E-state index in [9.17, 15) is 18.3 Å². The Morgan fingerprint density at radius 2 is 1.75 bits per heavy atom. The smallest absolute Gasteiger partial charge is 0.391 e. The predicted octanol–water partition coefficient (Wildman–Crippen LogP) is 3.75. The monoisotopic (exact) mass is 345 g/mol. The molecule has 2 rings (SSSR count). The molecule has 136 valence electrons. The Balaban J connectivity index is 1.70. The topological polar surface area (TPSA) is 41.5 Å². The van der Waals surface area contributed by atoms with E-state index in [0.29, 0.717) is 19.4 Å². The third-order valence-corrected chi connectivity index (χ3v) is 4.66. The average Bonchev–Trinajstić information content (AvgIpc) is 2.52. The second-order valence-corrected chi connectivity index (χ2v) is 6.68. The molecule has 0 aliphatic heterocycles. The van der Waals surface area contributed by atoms with Gasteiger partial charge in [0.2, 0.25) is 0 Å². The number of para-hydroxylation sites is 1. The second kappa shape index (κ2) is 8.21. The molecule has 1 aromatic rings. The molecule has 0 bridgehead atoms. The quantitative estimate of drug-likeness (QED) is 0.825. The van der Waals surface area contributed by atoms with Crippen LogP contribution in [0.25, 0.3) is 0 Å². The number of aryl methyl sites for hydroxylation is 2. The molecule has 1 fully saturated rings. The van der Waals surface area contributed by atoms with Gasteiger partial charge in [-0.2, -0.15) is 13.2 Å². The normalized spacial score (nSPS) is 23.1. The van der Waals surface area contributed by atoms with Gasteiger partial charge in [0, 0.05) is 12.6 Å². The van der Waals surface area contributed by atoms with Gasteiger partial charge in [-0.15, -0.1) is 0 Å². The van der Waals surface area contributed by atoms with Crippen LogP contribution in [0, 0.1) is 19.8 Å². The zero-order valence-corrected chi connectivity index (χ0v) is 14.2. The first kappa shape index (κ1) is 19.1. The largest absolute Gasteiger partial charge is 0.490 e. The molecule has 3 nitrogen and oxygen atoms in total. The number of aliphatic hydroxyl groups is 1. The minimum atomic E-state index is -4.08. The molecule has 0 amide bonds. The number of rotatable bonds is 6. The van der Waals surface area contributed by atoms with Crippen molar-refractivity contribution >= 4 is 0 Å². The molecular formula is C18H26F3NO2. The summed E-state index contributed by atoms with van der Waals surface area (Å²) in [6, 6.07) is 5.89. The maximum Gasteiger partial charge on any atom is 0.391 e. The molecule has 1 aliphatic rings. The van der Waals surface area contributed by atoms with Crippen LogP contribution in [0.15, 0.2) is 18.2 Å². The highest BCUT2D eigenvalue weighted by molar-refractivity contribution is 5.39. The fraction of sp³-hybridized carbons (Fsp3) is 0.667. The lowest BCUT2D eigenvalue weighted by molar-refractivity contribution is -0.182. The second-order valence-electron chi connectivity index (χ2n) is 6.68. The number of aliphatic hydroxyl groups excluding tert-OH is 1. The number of halogens is 3. The summed E-state index contributed by atoms with van der Waals surface area (Å²) in [4.78, 5) is 0. The van der Waals surface area contributed by atoms with Crippen LogP contribution in [0.4, 0.5) is 13.2 Å². The summed E-state index contributed by atoms with van der Waals surface area (Å²) >= 11 is 0. The Morgan fingerprint density at radius 1 is 1.17 bits per heavy atom. The van der Waals surface area contributed by atoms with E-state index >= 15 is 0 Å². The van der Waals surface area contributed by atoms with E-state index < -0.39 is 18.2 Å². The Bertz CT molecular complexity index is 505. The summed E-state index contributed by atoms with van der Waals surface area (Å²) < 4.78 is 43.6. The minimum Gasteiger partial charge on any atom is -0.490 e. The van der Waals surface area contributed by atoms with Gasteiger partial charge in [0.1, 0.15) is 18.5 Å².